The van der Waals surface area contributed by atoms with Crippen molar-refractivity contribution < 1.29 is 17.6 Å². The highest BCUT2D eigenvalue weighted by Crippen LogP contribution is 2.30. The highest BCUT2D eigenvalue weighted by atomic mass is 32.1. The molecule has 0 atom stereocenters. The molecule has 0 aliphatic rings. The Bertz CT molecular complexity index is 386. The molecular formula is C9H7F4NS. The van der Waals surface area contributed by atoms with E-state index in [2.05, 4.69) is 12.2 Å². The minimum absolute atomic E-state index is 0.0220. The van der Waals surface area contributed by atoms with Gasteiger partial charge in [0.1, 0.15) is 5.82 Å². The van der Waals surface area contributed by atoms with Gasteiger partial charge >= 0.3 is 6.18 Å². The van der Waals surface area contributed by atoms with Crippen LogP contribution in [-0.4, -0.2) is 4.99 Å². The molecule has 82 valence electrons. The maximum atomic E-state index is 12.8. The Morgan fingerprint density at radius 1 is 1.27 bits per heavy atom. The zero-order valence-corrected chi connectivity index (χ0v) is 8.25. The molecule has 0 unspecified atom stereocenters. The van der Waals surface area contributed by atoms with E-state index in [-0.39, 0.29) is 17.0 Å². The minimum Gasteiger partial charge on any atom is -0.393 e. The highest BCUT2D eigenvalue weighted by Gasteiger charge is 2.31. The Morgan fingerprint density at radius 3 is 2.33 bits per heavy atom. The number of hydrogen-bond acceptors (Lipinski definition) is 1. The molecule has 0 fully saturated rings. The van der Waals surface area contributed by atoms with Crippen LogP contribution >= 0.6 is 12.2 Å². The van der Waals surface area contributed by atoms with Crippen LogP contribution in [0.25, 0.3) is 0 Å². The van der Waals surface area contributed by atoms with Gasteiger partial charge in [-0.05, 0) is 23.8 Å². The van der Waals surface area contributed by atoms with Crippen LogP contribution in [-0.2, 0) is 12.6 Å². The topological polar surface area (TPSA) is 26.0 Å². The summed E-state index contributed by atoms with van der Waals surface area (Å²) in [5, 5.41) is 0. The molecule has 0 spiro atoms. The Kier molecular flexibility index (Phi) is 3.28. The summed E-state index contributed by atoms with van der Waals surface area (Å²) in [7, 11) is 0. The maximum absolute atomic E-state index is 12.8. The molecule has 0 bridgehead atoms. The van der Waals surface area contributed by atoms with Crippen molar-refractivity contribution in [1.29, 1.82) is 0 Å². The van der Waals surface area contributed by atoms with Crippen LogP contribution in [0.3, 0.4) is 0 Å². The maximum Gasteiger partial charge on any atom is 0.416 e. The van der Waals surface area contributed by atoms with E-state index in [9.17, 15) is 17.6 Å². The average molecular weight is 237 g/mol. The lowest BCUT2D eigenvalue weighted by atomic mass is 10.1. The summed E-state index contributed by atoms with van der Waals surface area (Å²) < 4.78 is 49.6. The van der Waals surface area contributed by atoms with Gasteiger partial charge in [0, 0.05) is 6.42 Å². The summed E-state index contributed by atoms with van der Waals surface area (Å²) in [6.07, 6.45) is -4.61. The smallest absolute Gasteiger partial charge is 0.393 e. The zero-order valence-electron chi connectivity index (χ0n) is 7.44. The van der Waals surface area contributed by atoms with Gasteiger partial charge in [0.2, 0.25) is 0 Å². The summed E-state index contributed by atoms with van der Waals surface area (Å²) in [5.41, 5.74) is 4.25. The van der Waals surface area contributed by atoms with Crippen LogP contribution in [0, 0.1) is 5.82 Å². The predicted molar refractivity (Wildman–Crippen MR) is 51.9 cm³/mol. The van der Waals surface area contributed by atoms with Gasteiger partial charge in [0.25, 0.3) is 0 Å². The molecule has 0 amide bonds. The molecule has 2 N–H and O–H groups in total. The van der Waals surface area contributed by atoms with Gasteiger partial charge in [-0.2, -0.15) is 13.2 Å². The van der Waals surface area contributed by atoms with Gasteiger partial charge < -0.3 is 5.73 Å². The van der Waals surface area contributed by atoms with E-state index in [0.717, 1.165) is 12.1 Å². The Morgan fingerprint density at radius 2 is 1.87 bits per heavy atom. The Labute approximate surface area is 88.9 Å². The molecule has 0 aliphatic carbocycles. The molecule has 1 aromatic rings. The van der Waals surface area contributed by atoms with Crippen molar-refractivity contribution in [3.05, 3.63) is 35.1 Å². The highest BCUT2D eigenvalue weighted by molar-refractivity contribution is 7.80. The number of alkyl halides is 3. The van der Waals surface area contributed by atoms with Gasteiger partial charge in [0.05, 0.1) is 10.6 Å². The summed E-state index contributed by atoms with van der Waals surface area (Å²) in [6, 6.07) is 2.25. The van der Waals surface area contributed by atoms with Gasteiger partial charge in [0.15, 0.2) is 0 Å². The Balaban J connectivity index is 3.11. The third-order valence-corrected chi connectivity index (χ3v) is 1.81. The fraction of sp³-hybridized carbons (Fsp3) is 0.222. The van der Waals surface area contributed by atoms with E-state index in [1.54, 1.807) is 0 Å². The molecule has 0 radical (unpaired) electrons. The molecule has 6 heteroatoms. The van der Waals surface area contributed by atoms with Crippen LogP contribution < -0.4 is 5.73 Å². The van der Waals surface area contributed by atoms with E-state index >= 15 is 0 Å². The van der Waals surface area contributed by atoms with E-state index < -0.39 is 17.6 Å². The SMILES string of the molecule is NC(=S)Cc1cc(F)cc(C(F)(F)F)c1. The second kappa shape index (κ2) is 4.14. The normalized spacial score (nSPS) is 11.5. The van der Waals surface area contributed by atoms with Gasteiger partial charge in [-0.1, -0.05) is 12.2 Å². The third kappa shape index (κ3) is 3.47. The lowest BCUT2D eigenvalue weighted by molar-refractivity contribution is -0.137. The first-order valence-electron chi connectivity index (χ1n) is 3.94. The monoisotopic (exact) mass is 237 g/mol. The Hall–Kier alpha value is -1.17. The average Bonchev–Trinajstić information content (AvgIpc) is 1.99. The van der Waals surface area contributed by atoms with Crippen molar-refractivity contribution >= 4 is 17.2 Å². The van der Waals surface area contributed by atoms with Gasteiger partial charge in [-0.15, -0.1) is 0 Å². The number of rotatable bonds is 2. The first kappa shape index (κ1) is 11.9. The van der Waals surface area contributed by atoms with E-state index in [4.69, 9.17) is 5.73 Å². The first-order chi connectivity index (χ1) is 6.79. The van der Waals surface area contributed by atoms with Gasteiger partial charge in [-0.25, -0.2) is 4.39 Å². The predicted octanol–water partition coefficient (Wildman–Crippen LogP) is 2.67. The number of hydrogen-bond donors (Lipinski definition) is 1. The fourth-order valence-corrected chi connectivity index (χ4v) is 1.28. The molecule has 0 aromatic heterocycles. The van der Waals surface area contributed by atoms with Gasteiger partial charge in [-0.3, -0.25) is 0 Å². The van der Waals surface area contributed by atoms with Crippen LogP contribution in [0.5, 0.6) is 0 Å². The molecule has 1 aromatic carbocycles. The van der Waals surface area contributed by atoms with Crippen molar-refractivity contribution in [3.63, 3.8) is 0 Å². The van der Waals surface area contributed by atoms with Crippen molar-refractivity contribution in [2.24, 2.45) is 5.73 Å². The lowest BCUT2D eigenvalue weighted by Crippen LogP contribution is -2.13. The molecule has 0 saturated heterocycles. The van der Waals surface area contributed by atoms with Crippen LogP contribution in [0.2, 0.25) is 0 Å². The molecular weight excluding hydrogens is 230 g/mol. The van der Waals surface area contributed by atoms with E-state index in [1.165, 1.54) is 0 Å². The number of thiocarbonyl (C=S) groups is 1. The third-order valence-electron chi connectivity index (χ3n) is 1.66. The molecule has 15 heavy (non-hydrogen) atoms. The quantitative estimate of drug-likeness (QED) is 0.632. The second-order valence-electron chi connectivity index (χ2n) is 2.99. The summed E-state index contributed by atoms with van der Waals surface area (Å²) in [4.78, 5) is 0.0220. The molecule has 0 aliphatic heterocycles. The van der Waals surface area contributed by atoms with E-state index in [0.29, 0.717) is 6.07 Å². The van der Waals surface area contributed by atoms with E-state index in [1.807, 2.05) is 0 Å². The summed E-state index contributed by atoms with van der Waals surface area (Å²) in [6.45, 7) is 0. The summed E-state index contributed by atoms with van der Waals surface area (Å²) >= 11 is 4.53. The number of halogens is 4. The molecule has 0 saturated carbocycles. The number of nitrogens with two attached hydrogens (primary N) is 1. The minimum atomic E-state index is -4.56. The molecule has 1 rings (SSSR count). The zero-order chi connectivity index (χ0) is 11.6. The van der Waals surface area contributed by atoms with Crippen LogP contribution in [0.4, 0.5) is 17.6 Å². The first-order valence-corrected chi connectivity index (χ1v) is 4.35. The summed E-state index contributed by atoms with van der Waals surface area (Å²) in [5.74, 6) is -0.948. The fourth-order valence-electron chi connectivity index (χ4n) is 1.12. The molecule has 1 nitrogen and oxygen atoms in total. The lowest BCUT2D eigenvalue weighted by Gasteiger charge is -2.08. The van der Waals surface area contributed by atoms with Crippen LogP contribution in [0.1, 0.15) is 11.1 Å². The van der Waals surface area contributed by atoms with Crippen molar-refractivity contribution in [1.82, 2.24) is 0 Å². The van der Waals surface area contributed by atoms with Crippen LogP contribution in [0.15, 0.2) is 18.2 Å². The van der Waals surface area contributed by atoms with Crippen molar-refractivity contribution in [2.75, 3.05) is 0 Å². The molecule has 0 heterocycles. The number of benzene rings is 1. The van der Waals surface area contributed by atoms with Crippen molar-refractivity contribution in [2.45, 2.75) is 12.6 Å². The van der Waals surface area contributed by atoms with Crippen molar-refractivity contribution in [3.8, 4) is 0 Å². The second-order valence-corrected chi connectivity index (χ2v) is 3.51. The standard InChI is InChI=1S/C9H7F4NS/c10-7-2-5(3-8(14)15)1-6(4-7)9(11,12)13/h1-2,4H,3H2,(H2,14,15). The largest absolute Gasteiger partial charge is 0.416 e.